The number of aliphatic imine (C=N–C) groups is 1. The van der Waals surface area contributed by atoms with Crippen molar-refractivity contribution in [2.75, 3.05) is 0 Å². The Morgan fingerprint density at radius 2 is 2.21 bits per heavy atom. The van der Waals surface area contributed by atoms with Crippen molar-refractivity contribution in [1.29, 1.82) is 0 Å². The molecular formula is C10H8FNO2. The van der Waals surface area contributed by atoms with Gasteiger partial charge in [-0.2, -0.15) is 4.99 Å². The fourth-order valence-corrected chi connectivity index (χ4v) is 1.52. The molecule has 1 saturated carbocycles. The zero-order valence-electron chi connectivity index (χ0n) is 7.33. The van der Waals surface area contributed by atoms with Gasteiger partial charge in [-0.1, -0.05) is 0 Å². The Labute approximate surface area is 79.9 Å². The normalized spacial score (nSPS) is 17.2. The van der Waals surface area contributed by atoms with Gasteiger partial charge in [-0.3, -0.25) is 0 Å². The predicted octanol–water partition coefficient (Wildman–Crippen LogP) is 1.86. The second-order valence-electron chi connectivity index (χ2n) is 3.40. The lowest BCUT2D eigenvalue weighted by atomic mass is 10.0. The van der Waals surface area contributed by atoms with Crippen molar-refractivity contribution in [2.45, 2.75) is 18.4 Å². The lowest BCUT2D eigenvalue weighted by Gasteiger charge is -2.09. The van der Waals surface area contributed by atoms with E-state index in [1.54, 1.807) is 0 Å². The molecule has 0 bridgehead atoms. The van der Waals surface area contributed by atoms with Crippen molar-refractivity contribution in [3.05, 3.63) is 29.6 Å². The number of phenols is 1. The first-order chi connectivity index (χ1) is 6.68. The number of nitrogens with zero attached hydrogens (tertiary/aromatic N) is 1. The van der Waals surface area contributed by atoms with Crippen molar-refractivity contribution in [2.24, 2.45) is 4.99 Å². The number of hydrogen-bond acceptors (Lipinski definition) is 3. The van der Waals surface area contributed by atoms with Crippen LogP contribution >= 0.6 is 0 Å². The zero-order valence-corrected chi connectivity index (χ0v) is 7.33. The molecule has 0 heterocycles. The molecule has 0 amide bonds. The first-order valence-electron chi connectivity index (χ1n) is 4.26. The molecule has 14 heavy (non-hydrogen) atoms. The maximum Gasteiger partial charge on any atom is 0.235 e. The summed E-state index contributed by atoms with van der Waals surface area (Å²) < 4.78 is 13.3. The van der Waals surface area contributed by atoms with Gasteiger partial charge in [0, 0.05) is 5.56 Å². The summed E-state index contributed by atoms with van der Waals surface area (Å²) in [7, 11) is 0. The third-order valence-electron chi connectivity index (χ3n) is 2.43. The summed E-state index contributed by atoms with van der Waals surface area (Å²) in [5, 5.41) is 9.19. The highest BCUT2D eigenvalue weighted by Gasteiger charge is 2.46. The minimum atomic E-state index is -0.759. The molecule has 1 aromatic carbocycles. The molecule has 0 radical (unpaired) electrons. The quantitative estimate of drug-likeness (QED) is 0.575. The Hall–Kier alpha value is -1.67. The van der Waals surface area contributed by atoms with E-state index in [0.717, 1.165) is 0 Å². The average Bonchev–Trinajstić information content (AvgIpc) is 2.91. The third-order valence-corrected chi connectivity index (χ3v) is 2.43. The number of benzene rings is 1. The van der Waals surface area contributed by atoms with Crippen molar-refractivity contribution in [3.63, 3.8) is 0 Å². The fraction of sp³-hybridized carbons (Fsp3) is 0.300. The summed E-state index contributed by atoms with van der Waals surface area (Å²) in [6, 6.07) is 3.74. The molecule has 72 valence electrons. The second-order valence-corrected chi connectivity index (χ2v) is 3.40. The zero-order chi connectivity index (χ0) is 10.2. The van der Waals surface area contributed by atoms with Crippen LogP contribution in [0.15, 0.2) is 23.2 Å². The number of rotatable bonds is 2. The standard InChI is InChI=1S/C10H8FNO2/c11-9-2-1-7(14)5-8(9)10(3-4-10)12-6-13/h1-2,5,14H,3-4H2. The van der Waals surface area contributed by atoms with E-state index in [4.69, 9.17) is 0 Å². The van der Waals surface area contributed by atoms with E-state index in [9.17, 15) is 14.3 Å². The molecule has 0 aromatic heterocycles. The Morgan fingerprint density at radius 1 is 1.50 bits per heavy atom. The highest BCUT2D eigenvalue weighted by molar-refractivity contribution is 5.43. The summed E-state index contributed by atoms with van der Waals surface area (Å²) in [4.78, 5) is 13.7. The second kappa shape index (κ2) is 2.93. The van der Waals surface area contributed by atoms with E-state index in [2.05, 4.69) is 4.99 Å². The van der Waals surface area contributed by atoms with Gasteiger partial charge in [0.2, 0.25) is 6.08 Å². The first-order valence-corrected chi connectivity index (χ1v) is 4.26. The summed E-state index contributed by atoms with van der Waals surface area (Å²) in [5.41, 5.74) is -0.481. The van der Waals surface area contributed by atoms with Gasteiger partial charge in [-0.15, -0.1) is 0 Å². The number of isocyanates is 1. The summed E-state index contributed by atoms with van der Waals surface area (Å²) in [5.74, 6) is -0.465. The lowest BCUT2D eigenvalue weighted by molar-refractivity contribution is 0.468. The SMILES string of the molecule is O=C=NC1(c2cc(O)ccc2F)CC1. The molecule has 1 fully saturated rings. The number of phenolic OH excluding ortho intramolecular Hbond substituents is 1. The van der Waals surface area contributed by atoms with Crippen LogP contribution < -0.4 is 0 Å². The van der Waals surface area contributed by atoms with Crippen molar-refractivity contribution in [3.8, 4) is 5.75 Å². The topological polar surface area (TPSA) is 49.7 Å². The highest BCUT2D eigenvalue weighted by Crippen LogP contribution is 2.50. The molecule has 1 N–H and O–H groups in total. The Bertz CT molecular complexity index is 420. The van der Waals surface area contributed by atoms with Gasteiger partial charge in [0.05, 0.1) is 0 Å². The smallest absolute Gasteiger partial charge is 0.235 e. The Kier molecular flexibility index (Phi) is 1.86. The van der Waals surface area contributed by atoms with Crippen molar-refractivity contribution in [1.82, 2.24) is 0 Å². The van der Waals surface area contributed by atoms with Crippen LogP contribution in [-0.2, 0) is 10.3 Å². The number of hydrogen-bond donors (Lipinski definition) is 1. The van der Waals surface area contributed by atoms with E-state index >= 15 is 0 Å². The van der Waals surface area contributed by atoms with E-state index < -0.39 is 11.4 Å². The van der Waals surface area contributed by atoms with Gasteiger partial charge in [0.25, 0.3) is 0 Å². The van der Waals surface area contributed by atoms with Crippen LogP contribution in [0.4, 0.5) is 4.39 Å². The van der Waals surface area contributed by atoms with Crippen molar-refractivity contribution < 1.29 is 14.3 Å². The van der Waals surface area contributed by atoms with Crippen LogP contribution in [0.1, 0.15) is 18.4 Å². The van der Waals surface area contributed by atoms with Crippen LogP contribution in [-0.4, -0.2) is 11.2 Å². The maximum absolute atomic E-state index is 13.3. The Balaban J connectivity index is 2.50. The summed E-state index contributed by atoms with van der Waals surface area (Å²) >= 11 is 0. The van der Waals surface area contributed by atoms with Crippen LogP contribution in [0.25, 0.3) is 0 Å². The Morgan fingerprint density at radius 3 is 2.79 bits per heavy atom. The number of halogens is 1. The van der Waals surface area contributed by atoms with Crippen LogP contribution in [0.5, 0.6) is 5.75 Å². The minimum Gasteiger partial charge on any atom is -0.508 e. The minimum absolute atomic E-state index is 0.0197. The van der Waals surface area contributed by atoms with E-state index in [0.29, 0.717) is 12.8 Å². The molecule has 3 nitrogen and oxygen atoms in total. The lowest BCUT2D eigenvalue weighted by Crippen LogP contribution is -2.05. The molecule has 0 unspecified atom stereocenters. The largest absolute Gasteiger partial charge is 0.508 e. The van der Waals surface area contributed by atoms with E-state index in [-0.39, 0.29) is 11.3 Å². The van der Waals surface area contributed by atoms with Gasteiger partial charge in [0.1, 0.15) is 17.1 Å². The molecule has 0 atom stereocenters. The molecule has 2 rings (SSSR count). The van der Waals surface area contributed by atoms with Crippen LogP contribution in [0.2, 0.25) is 0 Å². The molecule has 1 aromatic rings. The number of carbonyl (C=O) groups excluding carboxylic acids is 1. The van der Waals surface area contributed by atoms with Gasteiger partial charge >= 0.3 is 0 Å². The van der Waals surface area contributed by atoms with Gasteiger partial charge in [-0.25, -0.2) is 9.18 Å². The number of aromatic hydroxyl groups is 1. The first kappa shape index (κ1) is 8.91. The molecule has 1 aliphatic carbocycles. The average molecular weight is 193 g/mol. The van der Waals surface area contributed by atoms with Gasteiger partial charge in [0.15, 0.2) is 0 Å². The van der Waals surface area contributed by atoms with Gasteiger partial charge in [-0.05, 0) is 31.0 Å². The highest BCUT2D eigenvalue weighted by atomic mass is 19.1. The fourth-order valence-electron chi connectivity index (χ4n) is 1.52. The summed E-state index contributed by atoms with van der Waals surface area (Å²) in [6.07, 6.45) is 2.70. The summed E-state index contributed by atoms with van der Waals surface area (Å²) in [6.45, 7) is 0. The third kappa shape index (κ3) is 1.30. The molecule has 0 aliphatic heterocycles. The van der Waals surface area contributed by atoms with Gasteiger partial charge < -0.3 is 5.11 Å². The predicted molar refractivity (Wildman–Crippen MR) is 47.1 cm³/mol. The molecule has 0 saturated heterocycles. The van der Waals surface area contributed by atoms with Crippen LogP contribution in [0, 0.1) is 5.82 Å². The van der Waals surface area contributed by atoms with Crippen LogP contribution in [0.3, 0.4) is 0 Å². The molecular weight excluding hydrogens is 185 g/mol. The molecule has 0 spiro atoms. The van der Waals surface area contributed by atoms with E-state index in [1.165, 1.54) is 24.3 Å². The van der Waals surface area contributed by atoms with E-state index in [1.807, 2.05) is 0 Å². The molecule has 1 aliphatic rings. The molecule has 4 heteroatoms. The maximum atomic E-state index is 13.3. The van der Waals surface area contributed by atoms with Crippen molar-refractivity contribution >= 4 is 6.08 Å². The monoisotopic (exact) mass is 193 g/mol.